The van der Waals surface area contributed by atoms with Crippen LogP contribution in [0.25, 0.3) is 0 Å². The Bertz CT molecular complexity index is 424. The van der Waals surface area contributed by atoms with Gasteiger partial charge >= 0.3 is 0 Å². The highest BCUT2D eigenvalue weighted by atomic mass is 16.3. The van der Waals surface area contributed by atoms with Crippen LogP contribution in [0.5, 0.6) is 0 Å². The fourth-order valence-electron chi connectivity index (χ4n) is 2.97. The highest BCUT2D eigenvalue weighted by Gasteiger charge is 2.42. The van der Waals surface area contributed by atoms with E-state index in [1.54, 1.807) is 17.4 Å². The van der Waals surface area contributed by atoms with Crippen LogP contribution >= 0.6 is 0 Å². The molecule has 1 fully saturated rings. The van der Waals surface area contributed by atoms with Crippen LogP contribution in [0.3, 0.4) is 0 Å². The fourth-order valence-corrected chi connectivity index (χ4v) is 2.97. The highest BCUT2D eigenvalue weighted by molar-refractivity contribution is 5.77. The van der Waals surface area contributed by atoms with E-state index in [1.165, 1.54) is 0 Å². The van der Waals surface area contributed by atoms with Crippen molar-refractivity contribution in [2.45, 2.75) is 57.6 Å². The number of carbonyl (C=O) groups excluding carboxylic acids is 1. The maximum absolute atomic E-state index is 12.3. The van der Waals surface area contributed by atoms with Gasteiger partial charge in [-0.3, -0.25) is 4.79 Å². The number of β-amino-alcohol motifs (C(OH)–C–C–N with tert-alkyl or cyclic N) is 1. The van der Waals surface area contributed by atoms with Gasteiger partial charge in [-0.1, -0.05) is 26.7 Å². The minimum atomic E-state index is -0.639. The Kier molecular flexibility index (Phi) is 4.81. The number of likely N-dealkylation sites (tertiary alicyclic amines) is 1. The van der Waals surface area contributed by atoms with E-state index in [0.717, 1.165) is 25.7 Å². The van der Waals surface area contributed by atoms with Crippen LogP contribution in [-0.4, -0.2) is 44.2 Å². The number of aromatic nitrogens is 2. The zero-order valence-electron chi connectivity index (χ0n) is 12.5. The minimum absolute atomic E-state index is 0.137. The first-order chi connectivity index (χ1) is 9.58. The summed E-state index contributed by atoms with van der Waals surface area (Å²) in [5.41, 5.74) is -0.639. The van der Waals surface area contributed by atoms with Gasteiger partial charge in [-0.2, -0.15) is 0 Å². The molecule has 5 heteroatoms. The van der Waals surface area contributed by atoms with Crippen molar-refractivity contribution in [2.24, 2.45) is 0 Å². The van der Waals surface area contributed by atoms with Crippen LogP contribution in [0.1, 0.15) is 52.0 Å². The molecular formula is C15H25N3O2. The third-order valence-electron chi connectivity index (χ3n) is 4.02. The molecule has 0 aliphatic carbocycles. The summed E-state index contributed by atoms with van der Waals surface area (Å²) in [5.74, 6) is 0.137. The summed E-state index contributed by atoms with van der Waals surface area (Å²) in [4.78, 5) is 18.1. The maximum atomic E-state index is 12.3. The van der Waals surface area contributed by atoms with Crippen molar-refractivity contribution in [3.05, 3.63) is 18.7 Å². The Labute approximate surface area is 120 Å². The second kappa shape index (κ2) is 6.39. The molecule has 1 aromatic rings. The van der Waals surface area contributed by atoms with E-state index in [0.29, 0.717) is 19.5 Å². The van der Waals surface area contributed by atoms with Crippen molar-refractivity contribution >= 4 is 5.91 Å². The quantitative estimate of drug-likeness (QED) is 0.830. The third kappa shape index (κ3) is 3.39. The average Bonchev–Trinajstić information content (AvgIpc) is 2.89. The van der Waals surface area contributed by atoms with Gasteiger partial charge in [0.2, 0.25) is 5.91 Å². The Morgan fingerprint density at radius 1 is 1.40 bits per heavy atom. The Morgan fingerprint density at radius 3 is 2.70 bits per heavy atom. The molecule has 1 aliphatic rings. The van der Waals surface area contributed by atoms with Crippen molar-refractivity contribution in [1.82, 2.24) is 14.5 Å². The first-order valence-corrected chi connectivity index (χ1v) is 7.55. The van der Waals surface area contributed by atoms with Gasteiger partial charge in [0.15, 0.2) is 0 Å². The second-order valence-electron chi connectivity index (χ2n) is 5.88. The molecule has 1 atom stereocenters. The largest absolute Gasteiger partial charge is 0.386 e. The smallest absolute Gasteiger partial charge is 0.224 e. The summed E-state index contributed by atoms with van der Waals surface area (Å²) in [7, 11) is 0. The van der Waals surface area contributed by atoms with Crippen molar-refractivity contribution < 1.29 is 9.90 Å². The van der Waals surface area contributed by atoms with E-state index in [1.807, 2.05) is 10.8 Å². The Hall–Kier alpha value is -1.36. The van der Waals surface area contributed by atoms with Crippen LogP contribution in [0, 0.1) is 0 Å². The molecule has 0 saturated carbocycles. The number of hydrogen-bond acceptors (Lipinski definition) is 3. The molecule has 0 spiro atoms. The summed E-state index contributed by atoms with van der Waals surface area (Å²) in [6.07, 6.45) is 9.66. The highest BCUT2D eigenvalue weighted by Crippen LogP contribution is 2.28. The summed E-state index contributed by atoms with van der Waals surface area (Å²) >= 11 is 0. The van der Waals surface area contributed by atoms with Gasteiger partial charge in [-0.15, -0.1) is 0 Å². The average molecular weight is 279 g/mol. The number of imidazole rings is 1. The molecule has 1 aromatic heterocycles. The summed E-state index contributed by atoms with van der Waals surface area (Å²) < 4.78 is 2.01. The molecule has 0 radical (unpaired) electrons. The Balaban J connectivity index is 1.87. The van der Waals surface area contributed by atoms with Crippen LogP contribution in [-0.2, 0) is 4.79 Å². The molecule has 0 aromatic carbocycles. The third-order valence-corrected chi connectivity index (χ3v) is 4.02. The van der Waals surface area contributed by atoms with E-state index in [-0.39, 0.29) is 11.9 Å². The van der Waals surface area contributed by atoms with E-state index in [2.05, 4.69) is 18.8 Å². The predicted molar refractivity (Wildman–Crippen MR) is 77.2 cm³/mol. The predicted octanol–water partition coefficient (Wildman–Crippen LogP) is 1.99. The van der Waals surface area contributed by atoms with Crippen LogP contribution in [0.15, 0.2) is 18.7 Å². The van der Waals surface area contributed by atoms with E-state index in [4.69, 9.17) is 0 Å². The molecular weight excluding hydrogens is 254 g/mol. The molecule has 20 heavy (non-hydrogen) atoms. The number of carbonyl (C=O) groups is 1. The molecule has 1 N–H and O–H groups in total. The summed E-state index contributed by atoms with van der Waals surface area (Å²) in [5, 5.41) is 10.1. The lowest BCUT2D eigenvalue weighted by Gasteiger charge is -2.47. The normalized spacial score (nSPS) is 18.6. The monoisotopic (exact) mass is 279 g/mol. The standard InChI is InChI=1S/C15H25N3O2/c1-3-5-13(17-8-7-16-12-17)9-14(19)18-10-15(20,11-18)6-4-2/h7-8,12-13,20H,3-6,9-11H2,1-2H3. The van der Waals surface area contributed by atoms with Crippen molar-refractivity contribution in [3.8, 4) is 0 Å². The minimum Gasteiger partial charge on any atom is -0.386 e. The number of rotatable bonds is 7. The first-order valence-electron chi connectivity index (χ1n) is 7.55. The maximum Gasteiger partial charge on any atom is 0.224 e. The van der Waals surface area contributed by atoms with Gasteiger partial charge in [0.1, 0.15) is 0 Å². The van der Waals surface area contributed by atoms with E-state index in [9.17, 15) is 9.90 Å². The van der Waals surface area contributed by atoms with Crippen molar-refractivity contribution in [2.75, 3.05) is 13.1 Å². The zero-order valence-corrected chi connectivity index (χ0v) is 12.5. The summed E-state index contributed by atoms with van der Waals surface area (Å²) in [6.45, 7) is 5.15. The number of aliphatic hydroxyl groups is 1. The molecule has 1 aliphatic heterocycles. The number of nitrogens with zero attached hydrogens (tertiary/aromatic N) is 3. The van der Waals surface area contributed by atoms with Gasteiger partial charge in [-0.05, 0) is 12.8 Å². The second-order valence-corrected chi connectivity index (χ2v) is 5.88. The molecule has 112 valence electrons. The van der Waals surface area contributed by atoms with Crippen LogP contribution in [0.4, 0.5) is 0 Å². The molecule has 2 rings (SSSR count). The SMILES string of the molecule is CCCC(CC(=O)N1CC(O)(CCC)C1)n1ccnc1. The lowest BCUT2D eigenvalue weighted by molar-refractivity contribution is -0.157. The first kappa shape index (κ1) is 15.0. The lowest BCUT2D eigenvalue weighted by Crippen LogP contribution is -2.63. The van der Waals surface area contributed by atoms with Gasteiger partial charge in [-0.25, -0.2) is 4.98 Å². The van der Waals surface area contributed by atoms with E-state index >= 15 is 0 Å². The Morgan fingerprint density at radius 2 is 2.15 bits per heavy atom. The molecule has 0 bridgehead atoms. The number of hydrogen-bond donors (Lipinski definition) is 1. The molecule has 1 amide bonds. The van der Waals surface area contributed by atoms with Gasteiger partial charge < -0.3 is 14.6 Å². The summed E-state index contributed by atoms with van der Waals surface area (Å²) in [6, 6.07) is 0.176. The molecule has 5 nitrogen and oxygen atoms in total. The van der Waals surface area contributed by atoms with Crippen molar-refractivity contribution in [3.63, 3.8) is 0 Å². The lowest BCUT2D eigenvalue weighted by atomic mass is 9.88. The fraction of sp³-hybridized carbons (Fsp3) is 0.733. The van der Waals surface area contributed by atoms with Gasteiger partial charge in [0.05, 0.1) is 25.0 Å². The molecule has 1 saturated heterocycles. The molecule has 1 unspecified atom stereocenters. The van der Waals surface area contributed by atoms with Crippen molar-refractivity contribution in [1.29, 1.82) is 0 Å². The topological polar surface area (TPSA) is 58.4 Å². The van der Waals surface area contributed by atoms with Gasteiger partial charge in [0, 0.05) is 24.9 Å². The number of amides is 1. The van der Waals surface area contributed by atoms with Crippen LogP contribution in [0.2, 0.25) is 0 Å². The molecule has 2 heterocycles. The van der Waals surface area contributed by atoms with Gasteiger partial charge in [0.25, 0.3) is 0 Å². The van der Waals surface area contributed by atoms with E-state index < -0.39 is 5.60 Å². The van der Waals surface area contributed by atoms with Crippen LogP contribution < -0.4 is 0 Å². The zero-order chi connectivity index (χ0) is 14.6.